The summed E-state index contributed by atoms with van der Waals surface area (Å²) in [7, 11) is 0. The van der Waals surface area contributed by atoms with Crippen molar-refractivity contribution < 1.29 is 9.52 Å². The highest BCUT2D eigenvalue weighted by molar-refractivity contribution is 5.78. The Morgan fingerprint density at radius 3 is 2.65 bits per heavy atom. The second-order valence-electron chi connectivity index (χ2n) is 5.44. The number of aromatic nitrogens is 1. The molecule has 0 amide bonds. The number of rotatable bonds is 3. The molecule has 116 valence electrons. The molecule has 0 saturated carbocycles. The van der Waals surface area contributed by atoms with Crippen LogP contribution in [0.5, 0.6) is 0 Å². The van der Waals surface area contributed by atoms with E-state index >= 15 is 0 Å². The molecule has 1 aromatic heterocycles. The lowest BCUT2D eigenvalue weighted by Crippen LogP contribution is -2.06. The summed E-state index contributed by atoms with van der Waals surface area (Å²) in [6.07, 6.45) is 2.27. The molecule has 0 aliphatic rings. The van der Waals surface area contributed by atoms with Gasteiger partial charge in [0.05, 0.1) is 0 Å². The summed E-state index contributed by atoms with van der Waals surface area (Å²) in [5.74, 6) is -0.0144. The van der Waals surface area contributed by atoms with E-state index < -0.39 is 5.63 Å². The minimum Gasteiger partial charge on any atom is -0.507 e. The van der Waals surface area contributed by atoms with Crippen LogP contribution in [0.25, 0.3) is 22.9 Å². The van der Waals surface area contributed by atoms with Gasteiger partial charge in [0, 0.05) is 11.6 Å². The molecule has 4 nitrogen and oxygen atoms in total. The highest BCUT2D eigenvalue weighted by Gasteiger charge is 2.08. The van der Waals surface area contributed by atoms with Crippen LogP contribution in [-0.2, 0) is 6.42 Å². The maximum absolute atomic E-state index is 12.0. The van der Waals surface area contributed by atoms with E-state index in [1.165, 1.54) is 11.6 Å². The SMILES string of the molecule is CCc1ccc(C(O)=Cc2nc3cc(C)ccc3oc2=O)cc1. The Morgan fingerprint density at radius 1 is 1.22 bits per heavy atom. The van der Waals surface area contributed by atoms with Crippen LogP contribution in [0.3, 0.4) is 0 Å². The predicted octanol–water partition coefficient (Wildman–Crippen LogP) is 4.11. The van der Waals surface area contributed by atoms with Gasteiger partial charge in [-0.3, -0.25) is 0 Å². The second-order valence-corrected chi connectivity index (χ2v) is 5.44. The lowest BCUT2D eigenvalue weighted by Gasteiger charge is -2.03. The summed E-state index contributed by atoms with van der Waals surface area (Å²) in [4.78, 5) is 16.3. The molecule has 2 aromatic carbocycles. The Bertz CT molecular complexity index is 937. The van der Waals surface area contributed by atoms with Crippen molar-refractivity contribution in [1.29, 1.82) is 0 Å². The summed E-state index contributed by atoms with van der Waals surface area (Å²) in [6, 6.07) is 12.9. The molecule has 0 fully saturated rings. The standard InChI is InChI=1S/C19H17NO3/c1-3-13-5-7-14(8-6-13)17(21)11-16-19(22)23-18-9-4-12(2)10-15(18)20-16/h4-11,21H,3H2,1-2H3. The van der Waals surface area contributed by atoms with Crippen LogP contribution in [0, 0.1) is 6.92 Å². The number of aryl methyl sites for hydroxylation is 2. The van der Waals surface area contributed by atoms with Crippen molar-refractivity contribution in [3.8, 4) is 0 Å². The van der Waals surface area contributed by atoms with Gasteiger partial charge >= 0.3 is 5.63 Å². The third-order valence-electron chi connectivity index (χ3n) is 3.70. The van der Waals surface area contributed by atoms with Crippen molar-refractivity contribution in [1.82, 2.24) is 4.98 Å². The molecule has 0 spiro atoms. The van der Waals surface area contributed by atoms with Gasteiger partial charge in [-0.2, -0.15) is 0 Å². The zero-order chi connectivity index (χ0) is 16.4. The molecule has 0 bridgehead atoms. The zero-order valence-electron chi connectivity index (χ0n) is 13.0. The number of aliphatic hydroxyl groups is 1. The fraction of sp³-hybridized carbons (Fsp3) is 0.158. The van der Waals surface area contributed by atoms with Crippen LogP contribution < -0.4 is 5.63 Å². The van der Waals surface area contributed by atoms with Crippen molar-refractivity contribution in [2.45, 2.75) is 20.3 Å². The van der Waals surface area contributed by atoms with Gasteiger partial charge in [-0.1, -0.05) is 37.3 Å². The highest BCUT2D eigenvalue weighted by atomic mass is 16.4. The Kier molecular flexibility index (Phi) is 3.98. The molecule has 0 atom stereocenters. The van der Waals surface area contributed by atoms with Gasteiger partial charge < -0.3 is 9.52 Å². The molecule has 1 heterocycles. The topological polar surface area (TPSA) is 63.3 Å². The summed E-state index contributed by atoms with van der Waals surface area (Å²) in [6.45, 7) is 4.01. The Labute approximate surface area is 133 Å². The first kappa shape index (κ1) is 15.0. The van der Waals surface area contributed by atoms with Crippen molar-refractivity contribution in [3.63, 3.8) is 0 Å². The first-order valence-corrected chi connectivity index (χ1v) is 7.48. The van der Waals surface area contributed by atoms with Crippen LogP contribution in [0.4, 0.5) is 0 Å². The molecular formula is C19H17NO3. The lowest BCUT2D eigenvalue weighted by atomic mass is 10.1. The second kappa shape index (κ2) is 6.08. The quantitative estimate of drug-likeness (QED) is 0.739. The van der Waals surface area contributed by atoms with E-state index in [1.54, 1.807) is 6.07 Å². The van der Waals surface area contributed by atoms with Crippen LogP contribution in [-0.4, -0.2) is 10.1 Å². The summed E-state index contributed by atoms with van der Waals surface area (Å²) >= 11 is 0. The van der Waals surface area contributed by atoms with E-state index in [1.807, 2.05) is 43.3 Å². The van der Waals surface area contributed by atoms with Gasteiger partial charge in [-0.05, 0) is 36.6 Å². The summed E-state index contributed by atoms with van der Waals surface area (Å²) < 4.78 is 5.25. The fourth-order valence-corrected chi connectivity index (χ4v) is 2.34. The van der Waals surface area contributed by atoms with Crippen molar-refractivity contribution >= 4 is 22.9 Å². The summed E-state index contributed by atoms with van der Waals surface area (Å²) in [5.41, 5.74) is 3.37. The lowest BCUT2D eigenvalue weighted by molar-refractivity contribution is 0.514. The summed E-state index contributed by atoms with van der Waals surface area (Å²) in [5, 5.41) is 10.2. The zero-order valence-corrected chi connectivity index (χ0v) is 13.0. The van der Waals surface area contributed by atoms with Gasteiger partial charge in [-0.25, -0.2) is 9.78 Å². The molecule has 0 saturated heterocycles. The molecule has 3 aromatic rings. The van der Waals surface area contributed by atoms with Crippen LogP contribution in [0.1, 0.15) is 29.3 Å². The van der Waals surface area contributed by atoms with E-state index in [2.05, 4.69) is 11.9 Å². The van der Waals surface area contributed by atoms with Crippen LogP contribution >= 0.6 is 0 Å². The molecule has 3 rings (SSSR count). The van der Waals surface area contributed by atoms with E-state index in [0.29, 0.717) is 16.7 Å². The monoisotopic (exact) mass is 307 g/mol. The number of hydrogen-bond donors (Lipinski definition) is 1. The molecule has 23 heavy (non-hydrogen) atoms. The average Bonchev–Trinajstić information content (AvgIpc) is 2.56. The molecule has 0 radical (unpaired) electrons. The molecule has 4 heteroatoms. The number of aliphatic hydroxyl groups excluding tert-OH is 1. The van der Waals surface area contributed by atoms with Gasteiger partial charge in [-0.15, -0.1) is 0 Å². The fourth-order valence-electron chi connectivity index (χ4n) is 2.34. The van der Waals surface area contributed by atoms with Crippen molar-refractivity contribution in [2.24, 2.45) is 0 Å². The minimum absolute atomic E-state index is 0.0144. The Balaban J connectivity index is 2.04. The van der Waals surface area contributed by atoms with Crippen molar-refractivity contribution in [2.75, 3.05) is 0 Å². The van der Waals surface area contributed by atoms with E-state index in [-0.39, 0.29) is 11.5 Å². The van der Waals surface area contributed by atoms with E-state index in [4.69, 9.17) is 4.42 Å². The van der Waals surface area contributed by atoms with Gasteiger partial charge in [0.1, 0.15) is 11.3 Å². The number of hydrogen-bond acceptors (Lipinski definition) is 4. The largest absolute Gasteiger partial charge is 0.507 e. The number of nitrogens with zero attached hydrogens (tertiary/aromatic N) is 1. The van der Waals surface area contributed by atoms with E-state index in [0.717, 1.165) is 12.0 Å². The highest BCUT2D eigenvalue weighted by Crippen LogP contribution is 2.17. The molecule has 1 N–H and O–H groups in total. The average molecular weight is 307 g/mol. The maximum Gasteiger partial charge on any atom is 0.362 e. The first-order chi connectivity index (χ1) is 11.1. The first-order valence-electron chi connectivity index (χ1n) is 7.48. The Morgan fingerprint density at radius 2 is 1.96 bits per heavy atom. The van der Waals surface area contributed by atoms with E-state index in [9.17, 15) is 9.90 Å². The predicted molar refractivity (Wildman–Crippen MR) is 91.3 cm³/mol. The number of benzene rings is 2. The van der Waals surface area contributed by atoms with Crippen molar-refractivity contribution in [3.05, 3.63) is 75.3 Å². The van der Waals surface area contributed by atoms with Crippen LogP contribution in [0.15, 0.2) is 51.7 Å². The smallest absolute Gasteiger partial charge is 0.362 e. The Hall–Kier alpha value is -2.88. The number of fused-ring (bicyclic) bond motifs is 1. The third kappa shape index (κ3) is 3.16. The minimum atomic E-state index is -0.571. The molecule has 0 aliphatic heterocycles. The maximum atomic E-state index is 12.0. The molecule has 0 aliphatic carbocycles. The van der Waals surface area contributed by atoms with Gasteiger partial charge in [0.2, 0.25) is 0 Å². The molecule has 0 unspecified atom stereocenters. The normalized spacial score (nSPS) is 11.8. The molecular weight excluding hydrogens is 290 g/mol. The van der Waals surface area contributed by atoms with Crippen LogP contribution in [0.2, 0.25) is 0 Å². The van der Waals surface area contributed by atoms with Gasteiger partial charge in [0.25, 0.3) is 0 Å². The van der Waals surface area contributed by atoms with Gasteiger partial charge in [0.15, 0.2) is 11.3 Å². The third-order valence-corrected chi connectivity index (χ3v) is 3.70.